The van der Waals surface area contributed by atoms with Crippen LogP contribution in [0.3, 0.4) is 0 Å². The third-order valence-corrected chi connectivity index (χ3v) is 2.73. The molecular weight excluding hydrogens is 180 g/mol. The summed E-state index contributed by atoms with van der Waals surface area (Å²) in [6, 6.07) is 5.20. The van der Waals surface area contributed by atoms with Crippen LogP contribution in [0, 0.1) is 5.92 Å². The molecule has 2 N–H and O–H groups in total. The molecule has 1 aliphatic carbocycles. The first-order valence-corrected chi connectivity index (χ1v) is 4.66. The highest BCUT2D eigenvalue weighted by molar-refractivity contribution is 5.88. The molecule has 1 aliphatic rings. The lowest BCUT2D eigenvalue weighted by atomic mass is 10.1. The molecule has 3 nitrogen and oxygen atoms in total. The number of carboxylic acids is 1. The van der Waals surface area contributed by atoms with Gasteiger partial charge in [0, 0.05) is 6.61 Å². The number of aliphatic hydroxyl groups excluding tert-OH is 1. The minimum atomic E-state index is -0.889. The van der Waals surface area contributed by atoms with E-state index in [-0.39, 0.29) is 12.5 Å². The van der Waals surface area contributed by atoms with Gasteiger partial charge in [-0.3, -0.25) is 0 Å². The number of hydrogen-bond acceptors (Lipinski definition) is 2. The van der Waals surface area contributed by atoms with Crippen molar-refractivity contribution >= 4 is 5.97 Å². The molecule has 0 radical (unpaired) electrons. The van der Waals surface area contributed by atoms with E-state index in [1.807, 2.05) is 6.07 Å². The highest BCUT2D eigenvalue weighted by Gasteiger charge is 2.21. The zero-order valence-electron chi connectivity index (χ0n) is 7.73. The standard InChI is InChI=1S/C11H12O3/c12-6-7-3-8-1-2-9(11(13)14)5-10(8)4-7/h1-2,5,7,12H,3-4,6H2,(H,13,14). The topological polar surface area (TPSA) is 57.5 Å². The summed E-state index contributed by atoms with van der Waals surface area (Å²) < 4.78 is 0. The van der Waals surface area contributed by atoms with E-state index >= 15 is 0 Å². The average molecular weight is 192 g/mol. The number of carboxylic acid groups (broad SMARTS) is 1. The van der Waals surface area contributed by atoms with Crippen molar-refractivity contribution in [3.05, 3.63) is 34.9 Å². The van der Waals surface area contributed by atoms with Crippen molar-refractivity contribution < 1.29 is 15.0 Å². The Morgan fingerprint density at radius 1 is 1.36 bits per heavy atom. The number of aromatic carboxylic acids is 1. The summed E-state index contributed by atoms with van der Waals surface area (Å²) in [6.45, 7) is 0.178. The maximum Gasteiger partial charge on any atom is 0.335 e. The Morgan fingerprint density at radius 3 is 2.71 bits per heavy atom. The molecule has 74 valence electrons. The van der Waals surface area contributed by atoms with Gasteiger partial charge in [0.1, 0.15) is 0 Å². The van der Waals surface area contributed by atoms with Gasteiger partial charge in [0.05, 0.1) is 5.56 Å². The summed E-state index contributed by atoms with van der Waals surface area (Å²) in [4.78, 5) is 10.7. The van der Waals surface area contributed by atoms with Crippen molar-refractivity contribution in [3.8, 4) is 0 Å². The average Bonchev–Trinajstić information content (AvgIpc) is 2.58. The number of aliphatic hydroxyl groups is 1. The molecule has 0 saturated heterocycles. The van der Waals surface area contributed by atoms with E-state index < -0.39 is 5.97 Å². The fourth-order valence-electron chi connectivity index (χ4n) is 1.97. The first-order chi connectivity index (χ1) is 6.70. The van der Waals surface area contributed by atoms with Crippen LogP contribution in [0.1, 0.15) is 21.5 Å². The van der Waals surface area contributed by atoms with Gasteiger partial charge in [-0.15, -0.1) is 0 Å². The first-order valence-electron chi connectivity index (χ1n) is 4.66. The second-order valence-electron chi connectivity index (χ2n) is 3.75. The molecule has 0 bridgehead atoms. The van der Waals surface area contributed by atoms with Crippen LogP contribution < -0.4 is 0 Å². The van der Waals surface area contributed by atoms with Gasteiger partial charge in [-0.1, -0.05) is 6.07 Å². The smallest absolute Gasteiger partial charge is 0.335 e. The van der Waals surface area contributed by atoms with Gasteiger partial charge < -0.3 is 10.2 Å². The predicted molar refractivity (Wildman–Crippen MR) is 51.4 cm³/mol. The van der Waals surface area contributed by atoms with Crippen molar-refractivity contribution in [2.75, 3.05) is 6.61 Å². The third kappa shape index (κ3) is 1.51. The number of fused-ring (bicyclic) bond motifs is 1. The minimum absolute atomic E-state index is 0.178. The van der Waals surface area contributed by atoms with E-state index in [1.165, 1.54) is 5.56 Å². The quantitative estimate of drug-likeness (QED) is 0.737. The lowest BCUT2D eigenvalue weighted by Crippen LogP contribution is -2.04. The Labute approximate surface area is 82.0 Å². The molecule has 0 fully saturated rings. The maximum atomic E-state index is 10.7. The van der Waals surface area contributed by atoms with E-state index in [9.17, 15) is 4.79 Å². The molecule has 3 heteroatoms. The Hall–Kier alpha value is -1.35. The lowest BCUT2D eigenvalue weighted by molar-refractivity contribution is 0.0697. The number of hydrogen-bond donors (Lipinski definition) is 2. The normalized spacial score (nSPS) is 19.4. The summed E-state index contributed by atoms with van der Waals surface area (Å²) in [6.07, 6.45) is 1.67. The van der Waals surface area contributed by atoms with Gasteiger partial charge in [0.2, 0.25) is 0 Å². The van der Waals surface area contributed by atoms with Gasteiger partial charge in [-0.05, 0) is 42.0 Å². The second-order valence-corrected chi connectivity index (χ2v) is 3.75. The van der Waals surface area contributed by atoms with Crippen molar-refractivity contribution in [1.82, 2.24) is 0 Å². The van der Waals surface area contributed by atoms with Crippen LogP contribution in [-0.2, 0) is 12.8 Å². The van der Waals surface area contributed by atoms with E-state index in [0.717, 1.165) is 18.4 Å². The molecule has 1 aromatic rings. The Balaban J connectivity index is 2.31. The number of benzene rings is 1. The molecule has 0 heterocycles. The molecule has 0 amide bonds. The predicted octanol–water partition coefficient (Wildman–Crippen LogP) is 1.09. The number of carbonyl (C=O) groups is 1. The lowest BCUT2D eigenvalue weighted by Gasteiger charge is -2.00. The van der Waals surface area contributed by atoms with Gasteiger partial charge in [-0.25, -0.2) is 4.79 Å². The van der Waals surface area contributed by atoms with Crippen molar-refractivity contribution in [1.29, 1.82) is 0 Å². The van der Waals surface area contributed by atoms with Gasteiger partial charge in [-0.2, -0.15) is 0 Å². The Kier molecular flexibility index (Phi) is 2.25. The summed E-state index contributed by atoms with van der Waals surface area (Å²) in [5.41, 5.74) is 2.58. The molecule has 0 saturated carbocycles. The van der Waals surface area contributed by atoms with Crippen LogP contribution in [0.5, 0.6) is 0 Å². The molecule has 0 aliphatic heterocycles. The molecule has 1 unspecified atom stereocenters. The van der Waals surface area contributed by atoms with Gasteiger partial charge in [0.15, 0.2) is 0 Å². The zero-order valence-corrected chi connectivity index (χ0v) is 7.73. The molecular formula is C11H12O3. The van der Waals surface area contributed by atoms with Crippen LogP contribution in [0.4, 0.5) is 0 Å². The highest BCUT2D eigenvalue weighted by atomic mass is 16.4. The fraction of sp³-hybridized carbons (Fsp3) is 0.364. The second kappa shape index (κ2) is 3.42. The van der Waals surface area contributed by atoms with E-state index in [0.29, 0.717) is 5.56 Å². The summed E-state index contributed by atoms with van der Waals surface area (Å²) >= 11 is 0. The molecule has 0 spiro atoms. The molecule has 1 atom stereocenters. The number of rotatable bonds is 2. The van der Waals surface area contributed by atoms with Crippen LogP contribution in [0.15, 0.2) is 18.2 Å². The summed E-state index contributed by atoms with van der Waals surface area (Å²) in [5, 5.41) is 17.8. The van der Waals surface area contributed by atoms with Crippen LogP contribution in [-0.4, -0.2) is 22.8 Å². The third-order valence-electron chi connectivity index (χ3n) is 2.73. The van der Waals surface area contributed by atoms with Gasteiger partial charge in [0.25, 0.3) is 0 Å². The van der Waals surface area contributed by atoms with Crippen LogP contribution in [0.2, 0.25) is 0 Å². The largest absolute Gasteiger partial charge is 0.478 e. The molecule has 14 heavy (non-hydrogen) atoms. The van der Waals surface area contributed by atoms with Crippen molar-refractivity contribution in [2.45, 2.75) is 12.8 Å². The van der Waals surface area contributed by atoms with Crippen molar-refractivity contribution in [2.24, 2.45) is 5.92 Å². The molecule has 2 rings (SSSR count). The first kappa shape index (κ1) is 9.21. The summed E-state index contributed by atoms with van der Waals surface area (Å²) in [5.74, 6) is -0.616. The Bertz CT molecular complexity index is 371. The highest BCUT2D eigenvalue weighted by Crippen LogP contribution is 2.27. The Morgan fingerprint density at radius 2 is 2.07 bits per heavy atom. The van der Waals surface area contributed by atoms with Crippen molar-refractivity contribution in [3.63, 3.8) is 0 Å². The fourth-order valence-corrected chi connectivity index (χ4v) is 1.97. The molecule has 0 aromatic heterocycles. The monoisotopic (exact) mass is 192 g/mol. The van der Waals surface area contributed by atoms with E-state index in [2.05, 4.69) is 0 Å². The van der Waals surface area contributed by atoms with Gasteiger partial charge >= 0.3 is 5.97 Å². The van der Waals surface area contributed by atoms with Crippen LogP contribution in [0.25, 0.3) is 0 Å². The van der Waals surface area contributed by atoms with E-state index in [1.54, 1.807) is 12.1 Å². The zero-order chi connectivity index (χ0) is 10.1. The minimum Gasteiger partial charge on any atom is -0.478 e. The molecule has 1 aromatic carbocycles. The SMILES string of the molecule is O=C(O)c1ccc2c(c1)CC(CO)C2. The van der Waals surface area contributed by atoms with E-state index in [4.69, 9.17) is 10.2 Å². The summed E-state index contributed by atoms with van der Waals surface area (Å²) in [7, 11) is 0. The maximum absolute atomic E-state index is 10.7. The van der Waals surface area contributed by atoms with Crippen LogP contribution >= 0.6 is 0 Å².